The van der Waals surface area contributed by atoms with Crippen LogP contribution in [-0.2, 0) is 4.79 Å². The molecule has 7 nitrogen and oxygen atoms in total. The quantitative estimate of drug-likeness (QED) is 0.338. The highest BCUT2D eigenvalue weighted by Crippen LogP contribution is 2.24. The van der Waals surface area contributed by atoms with Crippen molar-refractivity contribution in [2.24, 2.45) is 0 Å². The molecule has 170 valence electrons. The van der Waals surface area contributed by atoms with Gasteiger partial charge in [0.1, 0.15) is 6.07 Å². The fraction of sp³-hybridized carbons (Fsp3) is 0.0714. The lowest BCUT2D eigenvalue weighted by Gasteiger charge is -2.13. The topological polar surface area (TPSA) is 95.1 Å². The standard InChI is InChI=1S/C28H22N6O/c1-19(20-7-3-2-4-8-20)27(35)30-24-14-11-21(12-15-24)23-13-16-26-32-28(33-34(26)18-23)31-25-10-6-5-9-22(25)17-29/h2-16,18-19H,1H3,(H,30,35)(H,31,33). The number of fused-ring (bicyclic) bond motifs is 1. The van der Waals surface area contributed by atoms with Crippen LogP contribution >= 0.6 is 0 Å². The van der Waals surface area contributed by atoms with Gasteiger partial charge < -0.3 is 10.6 Å². The molecule has 1 unspecified atom stereocenters. The predicted molar refractivity (Wildman–Crippen MR) is 136 cm³/mol. The van der Waals surface area contributed by atoms with Gasteiger partial charge >= 0.3 is 0 Å². The molecule has 0 spiro atoms. The minimum Gasteiger partial charge on any atom is -0.326 e. The van der Waals surface area contributed by atoms with E-state index in [9.17, 15) is 10.1 Å². The van der Waals surface area contributed by atoms with E-state index in [0.29, 0.717) is 22.8 Å². The number of rotatable bonds is 6. The Morgan fingerprint density at radius 1 is 0.914 bits per heavy atom. The highest BCUT2D eigenvalue weighted by Gasteiger charge is 2.15. The predicted octanol–water partition coefficient (Wildman–Crippen LogP) is 5.75. The number of nitrogens with one attached hydrogen (secondary N) is 2. The van der Waals surface area contributed by atoms with E-state index in [0.717, 1.165) is 22.4 Å². The van der Waals surface area contributed by atoms with Crippen LogP contribution in [0.2, 0.25) is 0 Å². The van der Waals surface area contributed by atoms with Crippen LogP contribution in [0.25, 0.3) is 16.8 Å². The molecule has 7 heteroatoms. The Morgan fingerprint density at radius 2 is 1.63 bits per heavy atom. The number of hydrogen-bond acceptors (Lipinski definition) is 5. The van der Waals surface area contributed by atoms with Gasteiger partial charge in [0.05, 0.1) is 17.2 Å². The molecule has 0 saturated heterocycles. The highest BCUT2D eigenvalue weighted by atomic mass is 16.1. The van der Waals surface area contributed by atoms with Crippen LogP contribution in [0.1, 0.15) is 24.0 Å². The molecule has 0 saturated carbocycles. The Bertz CT molecular complexity index is 1530. The number of aromatic nitrogens is 3. The van der Waals surface area contributed by atoms with E-state index < -0.39 is 0 Å². The second-order valence-corrected chi connectivity index (χ2v) is 8.14. The number of carbonyl (C=O) groups is 1. The van der Waals surface area contributed by atoms with Crippen molar-refractivity contribution in [2.45, 2.75) is 12.8 Å². The number of para-hydroxylation sites is 1. The first-order valence-corrected chi connectivity index (χ1v) is 11.2. The van der Waals surface area contributed by atoms with Gasteiger partial charge in [-0.3, -0.25) is 4.79 Å². The molecule has 0 bridgehead atoms. The van der Waals surface area contributed by atoms with Gasteiger partial charge in [0, 0.05) is 17.4 Å². The summed E-state index contributed by atoms with van der Waals surface area (Å²) in [6.45, 7) is 1.90. The number of benzene rings is 3. The van der Waals surface area contributed by atoms with E-state index in [-0.39, 0.29) is 11.8 Å². The molecule has 1 atom stereocenters. The summed E-state index contributed by atoms with van der Waals surface area (Å²) in [6, 6.07) is 30.7. The van der Waals surface area contributed by atoms with Crippen molar-refractivity contribution in [3.05, 3.63) is 108 Å². The first kappa shape index (κ1) is 21.9. The molecule has 35 heavy (non-hydrogen) atoms. The lowest BCUT2D eigenvalue weighted by atomic mass is 10.0. The maximum Gasteiger partial charge on any atom is 0.247 e. The van der Waals surface area contributed by atoms with Crippen LogP contribution in [0.5, 0.6) is 0 Å². The van der Waals surface area contributed by atoms with Crippen molar-refractivity contribution in [3.63, 3.8) is 0 Å². The van der Waals surface area contributed by atoms with Crippen molar-refractivity contribution >= 4 is 28.9 Å². The zero-order valence-electron chi connectivity index (χ0n) is 19.0. The Hall–Kier alpha value is -4.96. The van der Waals surface area contributed by atoms with Crippen LogP contribution < -0.4 is 10.6 Å². The van der Waals surface area contributed by atoms with Gasteiger partial charge in [0.2, 0.25) is 11.9 Å². The van der Waals surface area contributed by atoms with Crippen molar-refractivity contribution < 1.29 is 4.79 Å². The van der Waals surface area contributed by atoms with Gasteiger partial charge in [-0.15, -0.1) is 5.10 Å². The Labute approximate surface area is 202 Å². The largest absolute Gasteiger partial charge is 0.326 e. The summed E-state index contributed by atoms with van der Waals surface area (Å²) in [7, 11) is 0. The molecule has 0 aliphatic heterocycles. The monoisotopic (exact) mass is 458 g/mol. The summed E-state index contributed by atoms with van der Waals surface area (Å²) in [5, 5.41) is 19.9. The van der Waals surface area contributed by atoms with Gasteiger partial charge in [-0.05, 0) is 54.4 Å². The minimum atomic E-state index is -0.242. The van der Waals surface area contributed by atoms with Crippen LogP contribution in [0.15, 0.2) is 97.2 Å². The van der Waals surface area contributed by atoms with Crippen LogP contribution in [-0.4, -0.2) is 20.5 Å². The molecular weight excluding hydrogens is 436 g/mol. The van der Waals surface area contributed by atoms with Gasteiger partial charge in [-0.25, -0.2) is 4.52 Å². The minimum absolute atomic E-state index is 0.0500. The number of nitriles is 1. The van der Waals surface area contributed by atoms with E-state index in [4.69, 9.17) is 0 Å². The Kier molecular flexibility index (Phi) is 5.93. The molecule has 0 aliphatic carbocycles. The number of anilines is 3. The summed E-state index contributed by atoms with van der Waals surface area (Å²) >= 11 is 0. The third-order valence-corrected chi connectivity index (χ3v) is 5.80. The van der Waals surface area contributed by atoms with E-state index in [1.165, 1.54) is 0 Å². The maximum absolute atomic E-state index is 12.6. The van der Waals surface area contributed by atoms with Crippen molar-refractivity contribution in [1.82, 2.24) is 14.6 Å². The molecule has 5 aromatic rings. The zero-order chi connectivity index (χ0) is 24.2. The summed E-state index contributed by atoms with van der Waals surface area (Å²) < 4.78 is 1.70. The maximum atomic E-state index is 12.6. The fourth-order valence-corrected chi connectivity index (χ4v) is 3.81. The average Bonchev–Trinajstić information content (AvgIpc) is 3.31. The third kappa shape index (κ3) is 4.72. The zero-order valence-corrected chi connectivity index (χ0v) is 19.0. The van der Waals surface area contributed by atoms with Crippen LogP contribution in [0, 0.1) is 11.3 Å². The molecule has 0 radical (unpaired) electrons. The first-order valence-electron chi connectivity index (χ1n) is 11.2. The Morgan fingerprint density at radius 3 is 2.40 bits per heavy atom. The third-order valence-electron chi connectivity index (χ3n) is 5.80. The number of amides is 1. The number of pyridine rings is 1. The molecule has 1 amide bonds. The average molecular weight is 459 g/mol. The molecule has 0 fully saturated rings. The molecule has 5 rings (SSSR count). The first-order chi connectivity index (χ1) is 17.1. The molecular formula is C28H22N6O. The smallest absolute Gasteiger partial charge is 0.247 e. The second-order valence-electron chi connectivity index (χ2n) is 8.14. The lowest BCUT2D eigenvalue weighted by molar-refractivity contribution is -0.117. The Balaban J connectivity index is 1.31. The SMILES string of the molecule is CC(C(=O)Nc1ccc(-c2ccc3nc(Nc4ccccc4C#N)nn3c2)cc1)c1ccccc1. The van der Waals surface area contributed by atoms with Crippen LogP contribution in [0.4, 0.5) is 17.3 Å². The molecule has 0 aliphatic rings. The summed E-state index contributed by atoms with van der Waals surface area (Å²) in [4.78, 5) is 17.1. The van der Waals surface area contributed by atoms with Gasteiger partial charge in [0.15, 0.2) is 5.65 Å². The number of carbonyl (C=O) groups excluding carboxylic acids is 1. The van der Waals surface area contributed by atoms with Crippen LogP contribution in [0.3, 0.4) is 0 Å². The van der Waals surface area contributed by atoms with Crippen molar-refractivity contribution in [3.8, 4) is 17.2 Å². The number of nitrogens with zero attached hydrogens (tertiary/aromatic N) is 4. The highest BCUT2D eigenvalue weighted by molar-refractivity contribution is 5.95. The summed E-state index contributed by atoms with van der Waals surface area (Å²) in [5.41, 5.74) is 5.54. The second kappa shape index (κ2) is 9.49. The van der Waals surface area contributed by atoms with Crippen molar-refractivity contribution in [2.75, 3.05) is 10.6 Å². The van der Waals surface area contributed by atoms with Gasteiger partial charge in [-0.1, -0.05) is 54.6 Å². The van der Waals surface area contributed by atoms with E-state index in [2.05, 4.69) is 26.8 Å². The molecule has 3 aromatic carbocycles. The lowest BCUT2D eigenvalue weighted by Crippen LogP contribution is -2.18. The molecule has 2 heterocycles. The summed E-state index contributed by atoms with van der Waals surface area (Å²) in [6.07, 6.45) is 1.90. The van der Waals surface area contributed by atoms with Gasteiger partial charge in [-0.2, -0.15) is 10.2 Å². The summed E-state index contributed by atoms with van der Waals surface area (Å²) in [5.74, 6) is 0.120. The van der Waals surface area contributed by atoms with E-state index in [1.807, 2.05) is 98.0 Å². The number of hydrogen-bond donors (Lipinski definition) is 2. The van der Waals surface area contributed by atoms with Gasteiger partial charge in [0.25, 0.3) is 0 Å². The van der Waals surface area contributed by atoms with E-state index >= 15 is 0 Å². The normalized spacial score (nSPS) is 11.5. The molecule has 2 aromatic heterocycles. The van der Waals surface area contributed by atoms with E-state index in [1.54, 1.807) is 10.6 Å². The fourth-order valence-electron chi connectivity index (χ4n) is 3.81. The molecule has 2 N–H and O–H groups in total. The van der Waals surface area contributed by atoms with Crippen molar-refractivity contribution in [1.29, 1.82) is 5.26 Å².